The van der Waals surface area contributed by atoms with Gasteiger partial charge in [0.15, 0.2) is 11.5 Å². The standard InChI is InChI=1S/C21H20FN3O2/c1-15-9-24-18(10-23-15)13-25(12-17-4-2-3-5-19(17)22)11-16-6-7-20-21(8-16)27-14-26-20/h2-10H,11-14H2,1H3. The highest BCUT2D eigenvalue weighted by molar-refractivity contribution is 5.44. The van der Waals surface area contributed by atoms with Crippen LogP contribution in [0.25, 0.3) is 0 Å². The fraction of sp³-hybridized carbons (Fsp3) is 0.238. The van der Waals surface area contributed by atoms with E-state index >= 15 is 0 Å². The second-order valence-electron chi connectivity index (χ2n) is 6.57. The van der Waals surface area contributed by atoms with Crippen molar-refractivity contribution in [1.29, 1.82) is 0 Å². The minimum Gasteiger partial charge on any atom is -0.454 e. The van der Waals surface area contributed by atoms with Gasteiger partial charge in [0.2, 0.25) is 6.79 Å². The molecule has 0 N–H and O–H groups in total. The highest BCUT2D eigenvalue weighted by Crippen LogP contribution is 2.33. The van der Waals surface area contributed by atoms with Gasteiger partial charge in [-0.1, -0.05) is 24.3 Å². The van der Waals surface area contributed by atoms with Gasteiger partial charge in [0.05, 0.1) is 11.4 Å². The number of halogens is 1. The Kier molecular flexibility index (Phi) is 4.98. The Labute approximate surface area is 157 Å². The lowest BCUT2D eigenvalue weighted by Gasteiger charge is -2.22. The van der Waals surface area contributed by atoms with E-state index in [0.717, 1.165) is 28.5 Å². The van der Waals surface area contributed by atoms with E-state index in [9.17, 15) is 4.39 Å². The maximum atomic E-state index is 14.2. The Morgan fingerprint density at radius 2 is 1.81 bits per heavy atom. The van der Waals surface area contributed by atoms with E-state index in [1.54, 1.807) is 18.5 Å². The molecule has 6 heteroatoms. The highest BCUT2D eigenvalue weighted by atomic mass is 19.1. The first kappa shape index (κ1) is 17.4. The van der Waals surface area contributed by atoms with Crippen molar-refractivity contribution in [3.8, 4) is 11.5 Å². The predicted molar refractivity (Wildman–Crippen MR) is 98.7 cm³/mol. The van der Waals surface area contributed by atoms with Crippen LogP contribution in [0.1, 0.15) is 22.5 Å². The minimum absolute atomic E-state index is 0.205. The van der Waals surface area contributed by atoms with Gasteiger partial charge in [0.25, 0.3) is 0 Å². The zero-order chi connectivity index (χ0) is 18.6. The number of aromatic nitrogens is 2. The smallest absolute Gasteiger partial charge is 0.231 e. The summed E-state index contributed by atoms with van der Waals surface area (Å²) in [6.07, 6.45) is 3.51. The van der Waals surface area contributed by atoms with Crippen LogP contribution in [-0.2, 0) is 19.6 Å². The molecule has 0 aliphatic carbocycles. The van der Waals surface area contributed by atoms with Crippen molar-refractivity contribution in [3.05, 3.63) is 83.2 Å². The van der Waals surface area contributed by atoms with Crippen LogP contribution < -0.4 is 9.47 Å². The van der Waals surface area contributed by atoms with E-state index in [1.165, 1.54) is 6.07 Å². The molecule has 138 valence electrons. The van der Waals surface area contributed by atoms with Crippen molar-refractivity contribution < 1.29 is 13.9 Å². The molecule has 0 amide bonds. The molecule has 0 saturated heterocycles. The van der Waals surface area contributed by atoms with Gasteiger partial charge in [0, 0.05) is 37.6 Å². The van der Waals surface area contributed by atoms with Crippen LogP contribution in [-0.4, -0.2) is 21.7 Å². The van der Waals surface area contributed by atoms with E-state index in [1.807, 2.05) is 37.3 Å². The van der Waals surface area contributed by atoms with Crippen LogP contribution in [0.15, 0.2) is 54.9 Å². The van der Waals surface area contributed by atoms with Gasteiger partial charge in [-0.3, -0.25) is 14.9 Å². The van der Waals surface area contributed by atoms with Gasteiger partial charge in [-0.05, 0) is 30.7 Å². The van der Waals surface area contributed by atoms with Crippen LogP contribution in [0.5, 0.6) is 11.5 Å². The number of hydrogen-bond acceptors (Lipinski definition) is 5. The fourth-order valence-corrected chi connectivity index (χ4v) is 3.06. The lowest BCUT2D eigenvalue weighted by Crippen LogP contribution is -2.23. The predicted octanol–water partition coefficient (Wildman–Crippen LogP) is 3.86. The monoisotopic (exact) mass is 365 g/mol. The van der Waals surface area contributed by atoms with Crippen LogP contribution in [0.4, 0.5) is 4.39 Å². The van der Waals surface area contributed by atoms with Crippen LogP contribution in [0, 0.1) is 12.7 Å². The Balaban J connectivity index is 1.56. The second kappa shape index (κ2) is 7.72. The van der Waals surface area contributed by atoms with Gasteiger partial charge in [-0.2, -0.15) is 0 Å². The van der Waals surface area contributed by atoms with Crippen molar-refractivity contribution in [2.45, 2.75) is 26.6 Å². The molecule has 2 aromatic carbocycles. The number of nitrogens with zero attached hydrogens (tertiary/aromatic N) is 3. The largest absolute Gasteiger partial charge is 0.454 e. The molecule has 4 rings (SSSR count). The number of rotatable bonds is 6. The molecular formula is C21H20FN3O2. The first-order chi connectivity index (χ1) is 13.2. The van der Waals surface area contributed by atoms with Gasteiger partial charge in [-0.25, -0.2) is 4.39 Å². The third-order valence-corrected chi connectivity index (χ3v) is 4.41. The maximum absolute atomic E-state index is 14.2. The molecule has 5 nitrogen and oxygen atoms in total. The van der Waals surface area contributed by atoms with Crippen molar-refractivity contribution >= 4 is 0 Å². The molecular weight excluding hydrogens is 345 g/mol. The van der Waals surface area contributed by atoms with Gasteiger partial charge in [-0.15, -0.1) is 0 Å². The van der Waals surface area contributed by atoms with E-state index in [0.29, 0.717) is 25.2 Å². The first-order valence-electron chi connectivity index (χ1n) is 8.79. The highest BCUT2D eigenvalue weighted by Gasteiger charge is 2.16. The molecule has 1 aliphatic rings. The lowest BCUT2D eigenvalue weighted by atomic mass is 10.1. The molecule has 27 heavy (non-hydrogen) atoms. The van der Waals surface area contributed by atoms with Crippen molar-refractivity contribution in [1.82, 2.24) is 14.9 Å². The molecule has 0 fully saturated rings. The molecule has 3 aromatic rings. The average Bonchev–Trinajstić information content (AvgIpc) is 3.13. The first-order valence-corrected chi connectivity index (χ1v) is 8.79. The Morgan fingerprint density at radius 3 is 2.63 bits per heavy atom. The van der Waals surface area contributed by atoms with E-state index in [2.05, 4.69) is 14.9 Å². The molecule has 1 aliphatic heterocycles. The third-order valence-electron chi connectivity index (χ3n) is 4.41. The van der Waals surface area contributed by atoms with Crippen LogP contribution in [0.2, 0.25) is 0 Å². The molecule has 1 aromatic heterocycles. The average molecular weight is 365 g/mol. The minimum atomic E-state index is -0.205. The summed E-state index contributed by atoms with van der Waals surface area (Å²) in [5.74, 6) is 1.29. The van der Waals surface area contributed by atoms with Gasteiger partial charge < -0.3 is 9.47 Å². The molecule has 0 saturated carbocycles. The maximum Gasteiger partial charge on any atom is 0.231 e. The van der Waals surface area contributed by atoms with E-state index in [4.69, 9.17) is 9.47 Å². The number of aryl methyl sites for hydroxylation is 1. The summed E-state index contributed by atoms with van der Waals surface area (Å²) in [6, 6.07) is 12.7. The summed E-state index contributed by atoms with van der Waals surface area (Å²) in [7, 11) is 0. The SMILES string of the molecule is Cc1cnc(CN(Cc2ccc3c(c2)OCO3)Cc2ccccc2F)cn1. The Hall–Kier alpha value is -2.99. The van der Waals surface area contributed by atoms with E-state index in [-0.39, 0.29) is 12.6 Å². The summed E-state index contributed by atoms with van der Waals surface area (Å²) in [5, 5.41) is 0. The van der Waals surface area contributed by atoms with Crippen molar-refractivity contribution in [2.24, 2.45) is 0 Å². The zero-order valence-corrected chi connectivity index (χ0v) is 15.1. The quantitative estimate of drug-likeness (QED) is 0.664. The summed E-state index contributed by atoms with van der Waals surface area (Å²) in [5.41, 5.74) is 3.43. The number of benzene rings is 2. The fourth-order valence-electron chi connectivity index (χ4n) is 3.06. The van der Waals surface area contributed by atoms with Crippen molar-refractivity contribution in [2.75, 3.05) is 6.79 Å². The molecule has 0 atom stereocenters. The Bertz CT molecular complexity index is 931. The number of hydrogen-bond donors (Lipinski definition) is 0. The topological polar surface area (TPSA) is 47.5 Å². The van der Waals surface area contributed by atoms with Gasteiger partial charge >= 0.3 is 0 Å². The van der Waals surface area contributed by atoms with Crippen molar-refractivity contribution in [3.63, 3.8) is 0 Å². The molecule has 0 radical (unpaired) electrons. The normalized spacial score (nSPS) is 12.6. The van der Waals surface area contributed by atoms with E-state index < -0.39 is 0 Å². The number of ether oxygens (including phenoxy) is 2. The van der Waals surface area contributed by atoms with Gasteiger partial charge in [0.1, 0.15) is 5.82 Å². The molecule has 0 bridgehead atoms. The zero-order valence-electron chi connectivity index (χ0n) is 15.1. The lowest BCUT2D eigenvalue weighted by molar-refractivity contribution is 0.174. The summed E-state index contributed by atoms with van der Waals surface area (Å²) >= 11 is 0. The third kappa shape index (κ3) is 4.23. The van der Waals surface area contributed by atoms with Crippen LogP contribution >= 0.6 is 0 Å². The van der Waals surface area contributed by atoms with Crippen LogP contribution in [0.3, 0.4) is 0 Å². The molecule has 0 unspecified atom stereocenters. The second-order valence-corrected chi connectivity index (χ2v) is 6.57. The number of fused-ring (bicyclic) bond motifs is 1. The summed E-state index contributed by atoms with van der Waals surface area (Å²) in [4.78, 5) is 10.9. The molecule has 0 spiro atoms. The Morgan fingerprint density at radius 1 is 0.963 bits per heavy atom. The summed E-state index contributed by atoms with van der Waals surface area (Å²) in [6.45, 7) is 3.81. The summed E-state index contributed by atoms with van der Waals surface area (Å²) < 4.78 is 25.0. The molecule has 2 heterocycles.